The molecule has 7 heteroatoms. The second-order valence-corrected chi connectivity index (χ2v) is 21.2. The van der Waals surface area contributed by atoms with E-state index in [1.165, 1.54) is 161 Å². The van der Waals surface area contributed by atoms with Gasteiger partial charge in [-0.2, -0.15) is 0 Å². The second-order valence-electron chi connectivity index (χ2n) is 21.2. The van der Waals surface area contributed by atoms with Crippen LogP contribution in [0, 0.1) is 0 Å². The largest absolute Gasteiger partial charge is 0.462 e. The number of ether oxygens (including phenoxy) is 2. The molecule has 0 aromatic rings. The van der Waals surface area contributed by atoms with E-state index in [1.807, 2.05) is 0 Å². The SMILES string of the molecule is CCCCCCCC(=O)N(CCCN(C)C)C(CCCCCCCCC(=O)OC(CCCCCC)CCCCCCC)CCCCCCCCC(=O)OC(CCCCCC)CCCCCCC. The zero-order chi connectivity index (χ0) is 49.3. The average molecular weight is 948 g/mol. The summed E-state index contributed by atoms with van der Waals surface area (Å²) in [5, 5.41) is 0. The summed E-state index contributed by atoms with van der Waals surface area (Å²) in [6, 6.07) is 0.318. The van der Waals surface area contributed by atoms with Crippen molar-refractivity contribution in [3.8, 4) is 0 Å². The first-order valence-electron chi connectivity index (χ1n) is 30.0. The monoisotopic (exact) mass is 947 g/mol. The van der Waals surface area contributed by atoms with Gasteiger partial charge >= 0.3 is 11.9 Å². The highest BCUT2D eigenvalue weighted by Gasteiger charge is 2.23. The third-order valence-corrected chi connectivity index (χ3v) is 14.2. The molecule has 0 aliphatic rings. The summed E-state index contributed by atoms with van der Waals surface area (Å²) < 4.78 is 12.1. The first-order chi connectivity index (χ1) is 32.7. The van der Waals surface area contributed by atoms with Crippen molar-refractivity contribution < 1.29 is 23.9 Å². The summed E-state index contributed by atoms with van der Waals surface area (Å²) in [4.78, 5) is 44.2. The van der Waals surface area contributed by atoms with Crippen LogP contribution in [0.1, 0.15) is 324 Å². The van der Waals surface area contributed by atoms with Gasteiger partial charge in [0.1, 0.15) is 12.2 Å². The van der Waals surface area contributed by atoms with Gasteiger partial charge in [-0.05, 0) is 111 Å². The lowest BCUT2D eigenvalue weighted by Gasteiger charge is -2.33. The molecule has 0 bridgehead atoms. The molecule has 0 radical (unpaired) electrons. The number of amides is 1. The molecule has 0 heterocycles. The molecule has 2 unspecified atom stereocenters. The zero-order valence-electron chi connectivity index (χ0n) is 46.4. The number of esters is 2. The molecule has 0 saturated heterocycles. The van der Waals surface area contributed by atoms with Gasteiger partial charge in [0.2, 0.25) is 5.91 Å². The Morgan fingerprint density at radius 1 is 0.328 bits per heavy atom. The van der Waals surface area contributed by atoms with Crippen LogP contribution in [0.25, 0.3) is 0 Å². The fraction of sp³-hybridized carbons (Fsp3) is 0.950. The van der Waals surface area contributed by atoms with E-state index in [-0.39, 0.29) is 24.1 Å². The Morgan fingerprint density at radius 3 is 0.955 bits per heavy atom. The standard InChI is InChI=1S/C60H118N2O5/c1-8-13-18-27-38-48-56(46-36-21-16-11-4)66-59(64)51-41-32-25-23-30-34-44-55(62(54-43-53-61(6)7)58(63)50-40-29-20-15-10-3)45-35-31-24-26-33-42-52-60(65)67-57(47-37-22-17-12-5)49-39-28-19-14-9-2/h55-57H,8-54H2,1-7H3. The van der Waals surface area contributed by atoms with Crippen LogP contribution in [0.5, 0.6) is 0 Å². The maximum absolute atomic E-state index is 13.9. The minimum absolute atomic E-state index is 0.0153. The predicted molar refractivity (Wildman–Crippen MR) is 290 cm³/mol. The van der Waals surface area contributed by atoms with Gasteiger partial charge < -0.3 is 19.3 Å². The summed E-state index contributed by atoms with van der Waals surface area (Å²) in [5.41, 5.74) is 0. The molecule has 0 spiro atoms. The maximum Gasteiger partial charge on any atom is 0.306 e. The van der Waals surface area contributed by atoms with Crippen LogP contribution in [0.15, 0.2) is 0 Å². The number of unbranched alkanes of at least 4 members (excludes halogenated alkanes) is 28. The zero-order valence-corrected chi connectivity index (χ0v) is 46.4. The number of rotatable bonds is 53. The Bertz CT molecular complexity index is 1010. The molecule has 0 saturated carbocycles. The highest BCUT2D eigenvalue weighted by molar-refractivity contribution is 5.76. The number of nitrogens with zero attached hydrogens (tertiary/aromatic N) is 2. The summed E-state index contributed by atoms with van der Waals surface area (Å²) >= 11 is 0. The Labute approximate surface area is 419 Å². The van der Waals surface area contributed by atoms with Crippen molar-refractivity contribution in [1.82, 2.24) is 9.80 Å². The lowest BCUT2D eigenvalue weighted by molar-refractivity contribution is -0.151. The van der Waals surface area contributed by atoms with Crippen LogP contribution in [0.2, 0.25) is 0 Å². The van der Waals surface area contributed by atoms with E-state index < -0.39 is 0 Å². The molecular formula is C60H118N2O5. The van der Waals surface area contributed by atoms with Gasteiger partial charge in [0.15, 0.2) is 0 Å². The second kappa shape index (κ2) is 50.7. The van der Waals surface area contributed by atoms with Crippen LogP contribution >= 0.6 is 0 Å². The minimum Gasteiger partial charge on any atom is -0.462 e. The minimum atomic E-state index is 0.0153. The summed E-state index contributed by atoms with van der Waals surface area (Å²) in [5.74, 6) is 0.404. The van der Waals surface area contributed by atoms with Gasteiger partial charge in [0.25, 0.3) is 0 Å². The van der Waals surface area contributed by atoms with Crippen molar-refractivity contribution >= 4 is 17.8 Å². The fourth-order valence-corrected chi connectivity index (χ4v) is 9.82. The van der Waals surface area contributed by atoms with E-state index in [4.69, 9.17) is 9.47 Å². The van der Waals surface area contributed by atoms with E-state index in [0.29, 0.717) is 31.2 Å². The van der Waals surface area contributed by atoms with Gasteiger partial charge in [-0.15, -0.1) is 0 Å². The third kappa shape index (κ3) is 44.1. The molecule has 67 heavy (non-hydrogen) atoms. The highest BCUT2D eigenvalue weighted by Crippen LogP contribution is 2.23. The lowest BCUT2D eigenvalue weighted by Crippen LogP contribution is -2.41. The Hall–Kier alpha value is -1.63. The van der Waals surface area contributed by atoms with E-state index in [9.17, 15) is 14.4 Å². The van der Waals surface area contributed by atoms with Crippen molar-refractivity contribution in [3.05, 3.63) is 0 Å². The van der Waals surface area contributed by atoms with E-state index in [1.54, 1.807) is 0 Å². The molecular weight excluding hydrogens is 829 g/mol. The summed E-state index contributed by atoms with van der Waals surface area (Å²) in [6.07, 6.45) is 51.0. The molecule has 0 N–H and O–H groups in total. The Balaban J connectivity index is 5.06. The number of hydrogen-bond acceptors (Lipinski definition) is 6. The van der Waals surface area contributed by atoms with Gasteiger partial charge in [-0.1, -0.05) is 214 Å². The molecule has 0 aliphatic heterocycles. The van der Waals surface area contributed by atoms with E-state index >= 15 is 0 Å². The van der Waals surface area contributed by atoms with Crippen LogP contribution in [-0.4, -0.2) is 73.1 Å². The quantitative estimate of drug-likeness (QED) is 0.0447. The molecule has 7 nitrogen and oxygen atoms in total. The van der Waals surface area contributed by atoms with E-state index in [2.05, 4.69) is 58.5 Å². The van der Waals surface area contributed by atoms with Gasteiger partial charge in [0, 0.05) is 31.8 Å². The number of carbonyl (C=O) groups excluding carboxylic acids is 3. The molecule has 0 aromatic carbocycles. The first-order valence-corrected chi connectivity index (χ1v) is 30.0. The Morgan fingerprint density at radius 2 is 0.612 bits per heavy atom. The lowest BCUT2D eigenvalue weighted by atomic mass is 9.97. The van der Waals surface area contributed by atoms with Crippen molar-refractivity contribution in [2.24, 2.45) is 0 Å². The van der Waals surface area contributed by atoms with Gasteiger partial charge in [-0.3, -0.25) is 14.4 Å². The average Bonchev–Trinajstić information content (AvgIpc) is 3.31. The van der Waals surface area contributed by atoms with Crippen LogP contribution < -0.4 is 0 Å². The molecule has 0 rings (SSSR count). The van der Waals surface area contributed by atoms with E-state index in [0.717, 1.165) is 122 Å². The van der Waals surface area contributed by atoms with Gasteiger partial charge in [0.05, 0.1) is 0 Å². The van der Waals surface area contributed by atoms with Crippen molar-refractivity contribution in [3.63, 3.8) is 0 Å². The fourth-order valence-electron chi connectivity index (χ4n) is 9.82. The summed E-state index contributed by atoms with van der Waals surface area (Å²) in [6.45, 7) is 13.1. The summed E-state index contributed by atoms with van der Waals surface area (Å²) in [7, 11) is 4.27. The molecule has 0 aliphatic carbocycles. The first kappa shape index (κ1) is 65.4. The highest BCUT2D eigenvalue weighted by atomic mass is 16.5. The molecule has 398 valence electrons. The normalized spacial score (nSPS) is 13.0. The predicted octanol–water partition coefficient (Wildman–Crippen LogP) is 18.2. The third-order valence-electron chi connectivity index (χ3n) is 14.2. The number of hydrogen-bond donors (Lipinski definition) is 0. The topological polar surface area (TPSA) is 76.2 Å². The molecule has 2 atom stereocenters. The van der Waals surface area contributed by atoms with Crippen LogP contribution in [-0.2, 0) is 23.9 Å². The van der Waals surface area contributed by atoms with Crippen LogP contribution in [0.4, 0.5) is 0 Å². The number of carbonyl (C=O) groups is 3. The van der Waals surface area contributed by atoms with Crippen molar-refractivity contribution in [1.29, 1.82) is 0 Å². The Kier molecular flexibility index (Phi) is 49.5. The van der Waals surface area contributed by atoms with Crippen molar-refractivity contribution in [2.45, 2.75) is 342 Å². The molecule has 1 amide bonds. The van der Waals surface area contributed by atoms with Crippen molar-refractivity contribution in [2.75, 3.05) is 27.2 Å². The van der Waals surface area contributed by atoms with Crippen LogP contribution in [0.3, 0.4) is 0 Å². The maximum atomic E-state index is 13.9. The molecule has 0 fully saturated rings. The smallest absolute Gasteiger partial charge is 0.306 e. The van der Waals surface area contributed by atoms with Gasteiger partial charge in [-0.25, -0.2) is 0 Å². The molecule has 0 aromatic heterocycles.